The fraction of sp³-hybridized carbons (Fsp3) is 0.353. The van der Waals surface area contributed by atoms with Crippen molar-refractivity contribution in [3.05, 3.63) is 34.0 Å². The molecule has 0 spiro atoms. The first-order chi connectivity index (χ1) is 12.9. The van der Waals surface area contributed by atoms with Gasteiger partial charge in [0.15, 0.2) is 0 Å². The first-order valence-corrected chi connectivity index (χ1v) is 10.1. The van der Waals surface area contributed by atoms with E-state index in [4.69, 9.17) is 4.74 Å². The van der Waals surface area contributed by atoms with Crippen molar-refractivity contribution in [2.75, 3.05) is 17.7 Å². The molecule has 0 aliphatic carbocycles. The molecule has 10 heteroatoms. The number of thiophene rings is 1. The highest BCUT2D eigenvalue weighted by Crippen LogP contribution is 2.27. The van der Waals surface area contributed by atoms with Crippen molar-refractivity contribution in [2.45, 2.75) is 32.9 Å². The molecule has 3 aromatic rings. The fourth-order valence-corrected chi connectivity index (χ4v) is 4.06. The largest absolute Gasteiger partial charge is 0.462 e. The predicted octanol–water partition coefficient (Wildman–Crippen LogP) is 3.02. The van der Waals surface area contributed by atoms with E-state index in [9.17, 15) is 9.59 Å². The maximum Gasteiger partial charge on any atom is 0.348 e. The molecule has 0 atom stereocenters. The van der Waals surface area contributed by atoms with Gasteiger partial charge < -0.3 is 10.1 Å². The normalized spacial score (nSPS) is 11.0. The van der Waals surface area contributed by atoms with Crippen LogP contribution in [0.25, 0.3) is 5.78 Å². The van der Waals surface area contributed by atoms with E-state index in [1.54, 1.807) is 17.5 Å². The van der Waals surface area contributed by atoms with Crippen LogP contribution in [-0.4, -0.2) is 43.8 Å². The van der Waals surface area contributed by atoms with Crippen LogP contribution in [0.5, 0.6) is 0 Å². The first-order valence-electron chi connectivity index (χ1n) is 8.28. The third kappa shape index (κ3) is 4.45. The molecule has 8 nitrogen and oxygen atoms in total. The summed E-state index contributed by atoms with van der Waals surface area (Å²) in [6.07, 6.45) is 0. The Kier molecular flexibility index (Phi) is 5.76. The average molecular weight is 406 g/mol. The maximum absolute atomic E-state index is 12.2. The van der Waals surface area contributed by atoms with Gasteiger partial charge in [0.2, 0.25) is 11.1 Å². The number of nitrogens with zero attached hydrogens (tertiary/aromatic N) is 4. The Balaban J connectivity index is 1.62. The second-order valence-electron chi connectivity index (χ2n) is 5.83. The zero-order chi connectivity index (χ0) is 19.6. The van der Waals surface area contributed by atoms with Gasteiger partial charge in [0.25, 0.3) is 5.78 Å². The molecule has 0 aromatic carbocycles. The van der Waals surface area contributed by atoms with Gasteiger partial charge in [-0.25, -0.2) is 14.3 Å². The number of amides is 1. The Morgan fingerprint density at radius 3 is 2.78 bits per heavy atom. The van der Waals surface area contributed by atoms with Gasteiger partial charge in [-0.3, -0.25) is 4.79 Å². The van der Waals surface area contributed by atoms with E-state index in [0.29, 0.717) is 27.4 Å². The lowest BCUT2D eigenvalue weighted by Crippen LogP contribution is -2.13. The highest BCUT2D eigenvalue weighted by atomic mass is 32.2. The summed E-state index contributed by atoms with van der Waals surface area (Å²) in [5.41, 5.74) is 2.58. The van der Waals surface area contributed by atoms with E-state index in [1.807, 2.05) is 26.8 Å². The Bertz CT molecular complexity index is 1010. The molecule has 3 heterocycles. The van der Waals surface area contributed by atoms with Gasteiger partial charge in [-0.05, 0) is 45.4 Å². The summed E-state index contributed by atoms with van der Waals surface area (Å²) in [4.78, 5) is 33.2. The topological polar surface area (TPSA) is 98.5 Å². The third-order valence-electron chi connectivity index (χ3n) is 3.57. The Labute approximate surface area is 164 Å². The van der Waals surface area contributed by atoms with E-state index in [-0.39, 0.29) is 17.6 Å². The number of aryl methyl sites for hydroxylation is 3. The average Bonchev–Trinajstić information content (AvgIpc) is 3.16. The Hall–Kier alpha value is -2.46. The van der Waals surface area contributed by atoms with Crippen LogP contribution in [-0.2, 0) is 9.53 Å². The van der Waals surface area contributed by atoms with Crippen LogP contribution in [0.15, 0.2) is 17.3 Å². The van der Waals surface area contributed by atoms with Crippen LogP contribution in [0, 0.1) is 20.8 Å². The molecule has 0 saturated carbocycles. The summed E-state index contributed by atoms with van der Waals surface area (Å²) in [6, 6.07) is 3.68. The molecule has 142 valence electrons. The predicted molar refractivity (Wildman–Crippen MR) is 105 cm³/mol. The Morgan fingerprint density at radius 1 is 1.26 bits per heavy atom. The van der Waals surface area contributed by atoms with E-state index in [2.05, 4.69) is 20.4 Å². The van der Waals surface area contributed by atoms with Crippen molar-refractivity contribution in [1.29, 1.82) is 0 Å². The summed E-state index contributed by atoms with van der Waals surface area (Å²) in [5, 5.41) is 8.25. The molecule has 0 aliphatic heterocycles. The molecule has 3 aromatic heterocycles. The molecule has 0 fully saturated rings. The summed E-state index contributed by atoms with van der Waals surface area (Å²) in [7, 11) is 0. The molecular weight excluding hydrogens is 386 g/mol. The summed E-state index contributed by atoms with van der Waals surface area (Å²) in [5.74, 6) is 0.0994. The summed E-state index contributed by atoms with van der Waals surface area (Å²) >= 11 is 2.44. The minimum atomic E-state index is -0.373. The Morgan fingerprint density at radius 2 is 2.04 bits per heavy atom. The van der Waals surface area contributed by atoms with E-state index >= 15 is 0 Å². The zero-order valence-corrected chi connectivity index (χ0v) is 17.0. The fourth-order valence-electron chi connectivity index (χ4n) is 2.46. The molecule has 3 rings (SSSR count). The van der Waals surface area contributed by atoms with Crippen molar-refractivity contribution >= 4 is 45.8 Å². The van der Waals surface area contributed by atoms with Crippen molar-refractivity contribution in [1.82, 2.24) is 19.6 Å². The highest BCUT2D eigenvalue weighted by Gasteiger charge is 2.16. The number of esters is 1. The molecule has 1 N–H and O–H groups in total. The second kappa shape index (κ2) is 8.05. The number of rotatable bonds is 6. The van der Waals surface area contributed by atoms with Crippen LogP contribution in [0.2, 0.25) is 0 Å². The number of anilines is 1. The third-order valence-corrected chi connectivity index (χ3v) is 5.54. The molecule has 0 aliphatic rings. The van der Waals surface area contributed by atoms with E-state index in [1.165, 1.54) is 23.1 Å². The van der Waals surface area contributed by atoms with Crippen LogP contribution < -0.4 is 5.32 Å². The lowest BCUT2D eigenvalue weighted by Gasteiger charge is -2.00. The lowest BCUT2D eigenvalue weighted by atomic mass is 10.3. The van der Waals surface area contributed by atoms with E-state index < -0.39 is 0 Å². The number of ether oxygens (including phenoxy) is 1. The van der Waals surface area contributed by atoms with Crippen LogP contribution in [0.1, 0.15) is 33.5 Å². The molecular formula is C17H19N5O3S2. The second-order valence-corrected chi connectivity index (χ2v) is 7.82. The quantitative estimate of drug-likeness (QED) is 0.497. The number of fused-ring (bicyclic) bond motifs is 1. The van der Waals surface area contributed by atoms with Gasteiger partial charge in [0.05, 0.1) is 17.4 Å². The van der Waals surface area contributed by atoms with Crippen molar-refractivity contribution < 1.29 is 14.3 Å². The number of aromatic nitrogens is 4. The van der Waals surface area contributed by atoms with Crippen LogP contribution in [0.4, 0.5) is 5.00 Å². The first kappa shape index (κ1) is 19.3. The SMILES string of the molecule is CCOC(=O)c1sc(NC(=O)CSc2nc3nc(C)cc(C)n3n2)cc1C. The van der Waals surface area contributed by atoms with Crippen LogP contribution in [0.3, 0.4) is 0 Å². The molecule has 0 bridgehead atoms. The van der Waals surface area contributed by atoms with Gasteiger partial charge in [-0.2, -0.15) is 4.98 Å². The van der Waals surface area contributed by atoms with Crippen molar-refractivity contribution in [3.8, 4) is 0 Å². The number of hydrogen-bond donors (Lipinski definition) is 1. The van der Waals surface area contributed by atoms with Gasteiger partial charge in [-0.15, -0.1) is 16.4 Å². The molecule has 0 unspecified atom stereocenters. The minimum Gasteiger partial charge on any atom is -0.462 e. The van der Waals surface area contributed by atoms with Gasteiger partial charge in [0, 0.05) is 11.4 Å². The lowest BCUT2D eigenvalue weighted by molar-refractivity contribution is -0.113. The highest BCUT2D eigenvalue weighted by molar-refractivity contribution is 7.99. The van der Waals surface area contributed by atoms with Crippen LogP contribution >= 0.6 is 23.1 Å². The maximum atomic E-state index is 12.2. The molecule has 27 heavy (non-hydrogen) atoms. The van der Waals surface area contributed by atoms with E-state index in [0.717, 1.165) is 17.0 Å². The number of thioether (sulfide) groups is 1. The van der Waals surface area contributed by atoms with Crippen molar-refractivity contribution in [2.24, 2.45) is 0 Å². The molecule has 0 radical (unpaired) electrons. The zero-order valence-electron chi connectivity index (χ0n) is 15.4. The smallest absolute Gasteiger partial charge is 0.348 e. The standard InChI is InChI=1S/C17H19N5O3S2/c1-5-25-15(24)14-9(2)6-13(27-14)19-12(23)8-26-17-20-16-18-10(3)7-11(4)22(16)21-17/h6-7H,5,8H2,1-4H3,(H,19,23). The van der Waals surface area contributed by atoms with Crippen molar-refractivity contribution in [3.63, 3.8) is 0 Å². The number of carbonyl (C=O) groups is 2. The minimum absolute atomic E-state index is 0.153. The number of hydrogen-bond acceptors (Lipinski definition) is 8. The number of carbonyl (C=O) groups excluding carboxylic acids is 2. The monoisotopic (exact) mass is 405 g/mol. The van der Waals surface area contributed by atoms with Gasteiger partial charge in [0.1, 0.15) is 4.88 Å². The molecule has 1 amide bonds. The number of nitrogens with one attached hydrogen (secondary N) is 1. The molecule has 0 saturated heterocycles. The van der Waals surface area contributed by atoms with Gasteiger partial charge >= 0.3 is 5.97 Å². The summed E-state index contributed by atoms with van der Waals surface area (Å²) < 4.78 is 6.66. The summed E-state index contributed by atoms with van der Waals surface area (Å²) in [6.45, 7) is 7.71. The van der Waals surface area contributed by atoms with Gasteiger partial charge in [-0.1, -0.05) is 11.8 Å².